The molecule has 0 rings (SSSR count). The van der Waals surface area contributed by atoms with E-state index in [-0.39, 0.29) is 11.7 Å². The lowest BCUT2D eigenvalue weighted by atomic mass is 10.0. The first-order valence-corrected chi connectivity index (χ1v) is 6.89. The molecule has 0 spiro atoms. The summed E-state index contributed by atoms with van der Waals surface area (Å²) in [7, 11) is 1.86. The molecule has 0 saturated carbocycles. The van der Waals surface area contributed by atoms with Crippen LogP contribution in [-0.4, -0.2) is 14.2 Å². The maximum atomic E-state index is 10.7. The first kappa shape index (κ1) is 12.2. The summed E-state index contributed by atoms with van der Waals surface area (Å²) in [4.78, 5) is 0. The molecule has 0 aliphatic rings. The molecular weight excluding hydrogens is 196 g/mol. The van der Waals surface area contributed by atoms with Crippen LogP contribution in [0.3, 0.4) is 0 Å². The number of halogens is 1. The third kappa shape index (κ3) is 6.92. The van der Waals surface area contributed by atoms with Gasteiger partial charge in [0.1, 0.15) is 0 Å². The quantitative estimate of drug-likeness (QED) is 0.635. The van der Waals surface area contributed by atoms with E-state index in [1.165, 1.54) is 0 Å². The highest BCUT2D eigenvalue weighted by molar-refractivity contribution is 8.13. The van der Waals surface area contributed by atoms with Crippen molar-refractivity contribution in [1.29, 1.82) is 0 Å². The third-order valence-electron chi connectivity index (χ3n) is 1.98. The fourth-order valence-electron chi connectivity index (χ4n) is 1.18. The largest absolute Gasteiger partial charge is 0.232 e. The molecule has 0 saturated heterocycles. The van der Waals surface area contributed by atoms with Crippen molar-refractivity contribution in [2.24, 2.45) is 5.92 Å². The van der Waals surface area contributed by atoms with Gasteiger partial charge in [0.2, 0.25) is 9.05 Å². The molecular formula is C8H17ClO2S. The normalized spacial score (nSPS) is 14.6. The van der Waals surface area contributed by atoms with E-state index in [0.717, 1.165) is 25.7 Å². The van der Waals surface area contributed by atoms with Crippen molar-refractivity contribution in [3.63, 3.8) is 0 Å². The second-order valence-corrected chi connectivity index (χ2v) is 5.94. The van der Waals surface area contributed by atoms with Gasteiger partial charge in [-0.05, 0) is 12.3 Å². The van der Waals surface area contributed by atoms with Gasteiger partial charge in [0.25, 0.3) is 0 Å². The van der Waals surface area contributed by atoms with Crippen molar-refractivity contribution in [1.82, 2.24) is 0 Å². The number of hydrogen-bond acceptors (Lipinski definition) is 2. The van der Waals surface area contributed by atoms with Crippen LogP contribution in [0, 0.1) is 5.92 Å². The molecule has 4 heteroatoms. The first-order valence-electron chi connectivity index (χ1n) is 4.42. The maximum Gasteiger partial charge on any atom is 0.232 e. The molecule has 1 atom stereocenters. The van der Waals surface area contributed by atoms with Crippen LogP contribution in [0.1, 0.15) is 39.5 Å². The van der Waals surface area contributed by atoms with Crippen molar-refractivity contribution in [2.45, 2.75) is 39.5 Å². The average Bonchev–Trinajstić information content (AvgIpc) is 1.95. The van der Waals surface area contributed by atoms with Gasteiger partial charge in [-0.25, -0.2) is 8.42 Å². The van der Waals surface area contributed by atoms with E-state index < -0.39 is 9.05 Å². The van der Waals surface area contributed by atoms with Crippen LogP contribution in [0.25, 0.3) is 0 Å². The van der Waals surface area contributed by atoms with Crippen molar-refractivity contribution in [3.05, 3.63) is 0 Å². The van der Waals surface area contributed by atoms with Gasteiger partial charge >= 0.3 is 0 Å². The van der Waals surface area contributed by atoms with Crippen LogP contribution in [0.5, 0.6) is 0 Å². The topological polar surface area (TPSA) is 34.1 Å². The van der Waals surface area contributed by atoms with Crippen molar-refractivity contribution in [3.8, 4) is 0 Å². The Morgan fingerprint density at radius 2 is 1.92 bits per heavy atom. The Labute approximate surface area is 79.7 Å². The summed E-state index contributed by atoms with van der Waals surface area (Å²) >= 11 is 0. The van der Waals surface area contributed by atoms with Crippen molar-refractivity contribution in [2.75, 3.05) is 5.75 Å². The van der Waals surface area contributed by atoms with Gasteiger partial charge in [-0.1, -0.05) is 33.1 Å². The summed E-state index contributed by atoms with van der Waals surface area (Å²) in [6.07, 6.45) is 4.06. The minimum Gasteiger partial charge on any atom is -0.212 e. The Bertz CT molecular complexity index is 199. The van der Waals surface area contributed by atoms with Gasteiger partial charge < -0.3 is 0 Å². The van der Waals surface area contributed by atoms with Crippen LogP contribution in [0.15, 0.2) is 0 Å². The molecule has 0 amide bonds. The Kier molecular flexibility index (Phi) is 5.93. The predicted octanol–water partition coefficient (Wildman–Crippen LogP) is 2.77. The summed E-state index contributed by atoms with van der Waals surface area (Å²) in [5.74, 6) is 0.373. The molecule has 0 unspecified atom stereocenters. The van der Waals surface area contributed by atoms with Crippen LogP contribution < -0.4 is 0 Å². The molecule has 2 nitrogen and oxygen atoms in total. The van der Waals surface area contributed by atoms with E-state index in [1.807, 2.05) is 6.92 Å². The SMILES string of the molecule is CCCC[C@@H](CC)CS(=O)(=O)Cl. The molecule has 0 aliphatic heterocycles. The van der Waals surface area contributed by atoms with E-state index in [4.69, 9.17) is 10.7 Å². The molecule has 0 aromatic carbocycles. The smallest absolute Gasteiger partial charge is 0.212 e. The van der Waals surface area contributed by atoms with E-state index in [9.17, 15) is 8.42 Å². The summed E-state index contributed by atoms with van der Waals surface area (Å²) in [6.45, 7) is 4.10. The second-order valence-electron chi connectivity index (χ2n) is 3.12. The Hall–Kier alpha value is 0.240. The van der Waals surface area contributed by atoms with Crippen LogP contribution in [-0.2, 0) is 9.05 Å². The lowest BCUT2D eigenvalue weighted by Gasteiger charge is -2.11. The molecule has 74 valence electrons. The highest BCUT2D eigenvalue weighted by Gasteiger charge is 2.14. The van der Waals surface area contributed by atoms with Gasteiger partial charge in [0, 0.05) is 10.7 Å². The van der Waals surface area contributed by atoms with Crippen LogP contribution in [0.2, 0.25) is 0 Å². The molecule has 0 N–H and O–H groups in total. The molecule has 0 bridgehead atoms. The Balaban J connectivity index is 3.83. The second kappa shape index (κ2) is 5.81. The fourth-order valence-corrected chi connectivity index (χ4v) is 2.68. The zero-order chi connectivity index (χ0) is 9.61. The fraction of sp³-hybridized carbons (Fsp3) is 1.00. The van der Waals surface area contributed by atoms with Gasteiger partial charge in [-0.3, -0.25) is 0 Å². The molecule has 0 heterocycles. The highest BCUT2D eigenvalue weighted by Crippen LogP contribution is 2.16. The first-order chi connectivity index (χ1) is 5.49. The molecule has 0 radical (unpaired) electrons. The number of rotatable bonds is 6. The van der Waals surface area contributed by atoms with Crippen LogP contribution in [0.4, 0.5) is 0 Å². The summed E-state index contributed by atoms with van der Waals surface area (Å²) < 4.78 is 21.5. The number of hydrogen-bond donors (Lipinski definition) is 0. The predicted molar refractivity (Wildman–Crippen MR) is 52.9 cm³/mol. The zero-order valence-electron chi connectivity index (χ0n) is 7.72. The van der Waals surface area contributed by atoms with Gasteiger partial charge in [-0.15, -0.1) is 0 Å². The number of unbranched alkanes of at least 4 members (excludes halogenated alkanes) is 1. The summed E-state index contributed by atoms with van der Waals surface area (Å²) in [6, 6.07) is 0. The molecule has 0 aromatic heterocycles. The van der Waals surface area contributed by atoms with E-state index >= 15 is 0 Å². The average molecular weight is 213 g/mol. The lowest BCUT2D eigenvalue weighted by molar-refractivity contribution is 0.487. The van der Waals surface area contributed by atoms with Gasteiger partial charge in [0.05, 0.1) is 5.75 Å². The standard InChI is InChI=1S/C8H17ClO2S/c1-3-5-6-8(4-2)7-12(9,10)11/h8H,3-7H2,1-2H3/t8-/m1/s1. The minimum atomic E-state index is -3.29. The van der Waals surface area contributed by atoms with E-state index in [1.54, 1.807) is 0 Å². The molecule has 0 fully saturated rings. The molecule has 0 aromatic rings. The van der Waals surface area contributed by atoms with E-state index in [2.05, 4.69) is 6.92 Å². The maximum absolute atomic E-state index is 10.7. The zero-order valence-corrected chi connectivity index (χ0v) is 9.29. The third-order valence-corrected chi connectivity index (χ3v) is 3.23. The lowest BCUT2D eigenvalue weighted by Crippen LogP contribution is -2.10. The Morgan fingerprint density at radius 1 is 1.33 bits per heavy atom. The summed E-state index contributed by atoms with van der Waals surface area (Å²) in [5.41, 5.74) is 0. The van der Waals surface area contributed by atoms with Crippen LogP contribution >= 0.6 is 10.7 Å². The van der Waals surface area contributed by atoms with Crippen molar-refractivity contribution >= 4 is 19.7 Å². The molecule has 0 aliphatic carbocycles. The molecule has 12 heavy (non-hydrogen) atoms. The Morgan fingerprint density at radius 3 is 2.25 bits per heavy atom. The summed E-state index contributed by atoms with van der Waals surface area (Å²) in [5, 5.41) is 0. The highest BCUT2D eigenvalue weighted by atomic mass is 35.7. The van der Waals surface area contributed by atoms with Gasteiger partial charge in [-0.2, -0.15) is 0 Å². The van der Waals surface area contributed by atoms with Crippen molar-refractivity contribution < 1.29 is 8.42 Å². The van der Waals surface area contributed by atoms with Gasteiger partial charge in [0.15, 0.2) is 0 Å². The van der Waals surface area contributed by atoms with E-state index in [0.29, 0.717) is 0 Å². The monoisotopic (exact) mass is 212 g/mol. The minimum absolute atomic E-state index is 0.130.